The van der Waals surface area contributed by atoms with Gasteiger partial charge < -0.3 is 18.5 Å². The van der Waals surface area contributed by atoms with Crippen molar-refractivity contribution in [2.24, 2.45) is 0 Å². The Kier molecular flexibility index (Phi) is 21.6. The average Bonchev–Trinajstić information content (AvgIpc) is 3.14. The van der Waals surface area contributed by atoms with Crippen LogP contribution in [0.25, 0.3) is 0 Å². The van der Waals surface area contributed by atoms with Gasteiger partial charge in [-0.05, 0) is 75.1 Å². The molecule has 0 fully saturated rings. The van der Waals surface area contributed by atoms with Gasteiger partial charge in [0.15, 0.2) is 0 Å². The van der Waals surface area contributed by atoms with E-state index in [1.165, 1.54) is 53.0 Å². The maximum atomic E-state index is 11.8. The van der Waals surface area contributed by atoms with E-state index in [1.54, 1.807) is 0 Å². The van der Waals surface area contributed by atoms with Crippen LogP contribution in [0, 0.1) is 0 Å². The minimum atomic E-state index is -2.96. The second kappa shape index (κ2) is 25.7. The largest absolute Gasteiger partial charge is 0.379 e. The van der Waals surface area contributed by atoms with Gasteiger partial charge in [0, 0.05) is 19.9 Å². The predicted molar refractivity (Wildman–Crippen MR) is 214 cm³/mol. The van der Waals surface area contributed by atoms with Gasteiger partial charge in [-0.3, -0.25) is 4.57 Å². The summed E-state index contributed by atoms with van der Waals surface area (Å²) in [5.74, 6) is 0. The van der Waals surface area contributed by atoms with E-state index in [9.17, 15) is 4.57 Å². The number of ether oxygens (including phenoxy) is 2. The van der Waals surface area contributed by atoms with Crippen LogP contribution in [0.3, 0.4) is 0 Å². The molecule has 0 aromatic heterocycles. The third-order valence-electron chi connectivity index (χ3n) is 7.68. The van der Waals surface area contributed by atoms with E-state index in [4.69, 9.17) is 18.5 Å². The maximum absolute atomic E-state index is 11.8. The summed E-state index contributed by atoms with van der Waals surface area (Å²) < 4.78 is 32.8. The summed E-state index contributed by atoms with van der Waals surface area (Å²) in [6.45, 7) is 8.64. The average molecular weight is 723 g/mol. The monoisotopic (exact) mass is 722 g/mol. The highest BCUT2D eigenvalue weighted by Gasteiger charge is 2.17. The zero-order chi connectivity index (χ0) is 34.8. The fourth-order valence-corrected chi connectivity index (χ4v) is 10.8. The zero-order valence-electron chi connectivity index (χ0n) is 29.8. The molecule has 4 aromatic rings. The molecule has 0 heterocycles. The highest BCUT2D eigenvalue weighted by Crippen LogP contribution is 2.43. The molecule has 0 aliphatic heterocycles. The third kappa shape index (κ3) is 17.5. The van der Waals surface area contributed by atoms with Crippen LogP contribution in [-0.2, 0) is 23.1 Å². The Balaban J connectivity index is 0.000000298. The van der Waals surface area contributed by atoms with Crippen LogP contribution >= 0.6 is 23.4 Å². The van der Waals surface area contributed by atoms with E-state index in [2.05, 4.69) is 135 Å². The van der Waals surface area contributed by atoms with Gasteiger partial charge in [0.1, 0.15) is 0 Å². The molecule has 0 saturated carbocycles. The first-order valence-electron chi connectivity index (χ1n) is 17.8. The lowest BCUT2D eigenvalue weighted by Crippen LogP contribution is -2.15. The Hall–Kier alpha value is -2.19. The van der Waals surface area contributed by atoms with Crippen LogP contribution in [-0.4, -0.2) is 58.6 Å². The molecule has 4 aromatic carbocycles. The van der Waals surface area contributed by atoms with Crippen LogP contribution < -0.4 is 21.2 Å². The molecule has 0 N–H and O–H groups in total. The van der Waals surface area contributed by atoms with Crippen molar-refractivity contribution in [3.63, 3.8) is 0 Å². The Morgan fingerprint density at radius 2 is 0.755 bits per heavy atom. The molecule has 0 spiro atoms. The summed E-state index contributed by atoms with van der Waals surface area (Å²) in [5.41, 5.74) is 0. The SMILES string of the molecule is CCCCOCCOP(C)(=O)OCCOCCCC.c1ccc(P(CCCCP(c2ccccc2)c2ccccc2)c2ccccc2)cc1. The summed E-state index contributed by atoms with van der Waals surface area (Å²) in [6, 6.07) is 44.3. The van der Waals surface area contributed by atoms with E-state index < -0.39 is 7.60 Å². The van der Waals surface area contributed by atoms with E-state index in [0.717, 1.165) is 38.9 Å². The molecule has 8 heteroatoms. The Morgan fingerprint density at radius 1 is 0.449 bits per heavy atom. The number of unbranched alkanes of at least 4 members (excludes halogenated alkanes) is 3. The van der Waals surface area contributed by atoms with Crippen molar-refractivity contribution in [2.45, 2.75) is 52.4 Å². The van der Waals surface area contributed by atoms with Crippen LogP contribution in [0.5, 0.6) is 0 Å². The van der Waals surface area contributed by atoms with Crippen molar-refractivity contribution in [3.05, 3.63) is 121 Å². The minimum Gasteiger partial charge on any atom is -0.379 e. The molecule has 0 saturated heterocycles. The number of hydrogen-bond acceptors (Lipinski definition) is 5. The number of hydrogen-bond donors (Lipinski definition) is 0. The summed E-state index contributed by atoms with van der Waals surface area (Å²) >= 11 is 0. The second-order valence-corrected chi connectivity index (χ2v) is 18.5. The molecule has 0 unspecified atom stereocenters. The van der Waals surface area contributed by atoms with Gasteiger partial charge in [-0.25, -0.2) is 0 Å². The summed E-state index contributed by atoms with van der Waals surface area (Å²) in [4.78, 5) is 0. The molecule has 0 atom stereocenters. The van der Waals surface area contributed by atoms with E-state index in [-0.39, 0.29) is 15.8 Å². The van der Waals surface area contributed by atoms with Gasteiger partial charge >= 0.3 is 7.60 Å². The lowest BCUT2D eigenvalue weighted by molar-refractivity contribution is 0.0737. The fourth-order valence-electron chi connectivity index (χ4n) is 5.04. The normalized spacial score (nSPS) is 11.4. The van der Waals surface area contributed by atoms with Gasteiger partial charge in [-0.15, -0.1) is 0 Å². The fraction of sp³-hybridized carbons (Fsp3) is 0.415. The Bertz CT molecular complexity index is 1210. The van der Waals surface area contributed by atoms with Crippen molar-refractivity contribution >= 4 is 44.7 Å². The molecular weight excluding hydrogens is 665 g/mol. The Morgan fingerprint density at radius 3 is 1.04 bits per heavy atom. The molecule has 0 aliphatic rings. The van der Waals surface area contributed by atoms with Gasteiger partial charge in [0.05, 0.1) is 26.4 Å². The van der Waals surface area contributed by atoms with Crippen molar-refractivity contribution < 1.29 is 23.1 Å². The van der Waals surface area contributed by atoms with Crippen LogP contribution in [0.2, 0.25) is 0 Å². The molecule has 49 heavy (non-hydrogen) atoms. The topological polar surface area (TPSA) is 54.0 Å². The van der Waals surface area contributed by atoms with E-state index in [0.29, 0.717) is 26.4 Å². The Labute approximate surface area is 299 Å². The number of benzene rings is 4. The third-order valence-corrected chi connectivity index (χ3v) is 14.2. The van der Waals surface area contributed by atoms with Crippen LogP contribution in [0.1, 0.15) is 52.4 Å². The first-order valence-corrected chi connectivity index (χ1v) is 22.9. The lowest BCUT2D eigenvalue weighted by Gasteiger charge is -2.21. The quantitative estimate of drug-likeness (QED) is 0.0564. The van der Waals surface area contributed by atoms with Crippen molar-refractivity contribution in [2.75, 3.05) is 58.6 Å². The summed E-state index contributed by atoms with van der Waals surface area (Å²) in [6.07, 6.45) is 9.35. The van der Waals surface area contributed by atoms with Crippen molar-refractivity contribution in [3.8, 4) is 0 Å². The highest BCUT2D eigenvalue weighted by molar-refractivity contribution is 7.73. The van der Waals surface area contributed by atoms with Crippen molar-refractivity contribution in [1.29, 1.82) is 0 Å². The molecule has 4 rings (SSSR count). The van der Waals surface area contributed by atoms with Gasteiger partial charge in [-0.2, -0.15) is 0 Å². The van der Waals surface area contributed by atoms with E-state index in [1.807, 2.05) is 0 Å². The number of rotatable bonds is 23. The molecular formula is C41H57O5P3. The maximum Gasteiger partial charge on any atom is 0.327 e. The van der Waals surface area contributed by atoms with Gasteiger partial charge in [0.25, 0.3) is 0 Å². The van der Waals surface area contributed by atoms with E-state index >= 15 is 0 Å². The summed E-state index contributed by atoms with van der Waals surface area (Å²) in [5, 5.41) is 5.97. The lowest BCUT2D eigenvalue weighted by atomic mass is 10.4. The molecule has 0 aliphatic carbocycles. The molecule has 266 valence electrons. The molecule has 0 bridgehead atoms. The first-order chi connectivity index (χ1) is 24.0. The molecule has 5 nitrogen and oxygen atoms in total. The van der Waals surface area contributed by atoms with Gasteiger partial charge in [0.2, 0.25) is 0 Å². The summed E-state index contributed by atoms with van der Waals surface area (Å²) in [7, 11) is -3.53. The molecule has 0 amide bonds. The van der Waals surface area contributed by atoms with Gasteiger partial charge in [-0.1, -0.05) is 148 Å². The minimum absolute atomic E-state index is 0.283. The highest BCUT2D eigenvalue weighted by atomic mass is 31.2. The first kappa shape index (κ1) is 41.2. The van der Waals surface area contributed by atoms with Crippen LogP contribution in [0.4, 0.5) is 0 Å². The van der Waals surface area contributed by atoms with Crippen molar-refractivity contribution in [1.82, 2.24) is 0 Å². The van der Waals surface area contributed by atoms with Crippen LogP contribution in [0.15, 0.2) is 121 Å². The smallest absolute Gasteiger partial charge is 0.327 e. The predicted octanol–water partition coefficient (Wildman–Crippen LogP) is 9.51. The standard InChI is InChI=1S/C28H28P2.C13H29O5P/c1-5-15-25(16-6-1)29(26-17-7-2-8-18-26)23-13-14-24-30(27-19-9-3-10-20-27)28-21-11-4-12-22-28;1-4-6-8-15-10-12-17-19(3,14)18-13-11-16-9-7-5-2/h1-12,15-22H,13-14,23-24H2;4-13H2,1-3H3. The molecule has 0 radical (unpaired) electrons. The zero-order valence-corrected chi connectivity index (χ0v) is 32.5. The second-order valence-electron chi connectivity index (χ2n) is 11.7.